The summed E-state index contributed by atoms with van der Waals surface area (Å²) in [6, 6.07) is 71.2. The number of thioether (sulfide) groups is 2. The van der Waals surface area contributed by atoms with Gasteiger partial charge in [0, 0.05) is 10.8 Å². The Kier molecular flexibility index (Phi) is 15.5. The maximum atomic E-state index is 14.3. The molecule has 0 fully saturated rings. The fourth-order valence-electron chi connectivity index (χ4n) is 7.53. The van der Waals surface area contributed by atoms with Crippen LogP contribution in [0.4, 0.5) is 0 Å². The molecule has 8 aromatic carbocycles. The van der Waals surface area contributed by atoms with E-state index in [0.29, 0.717) is 24.7 Å². The van der Waals surface area contributed by atoms with E-state index in [1.54, 1.807) is 23.5 Å². The number of rotatable bonds is 18. The van der Waals surface area contributed by atoms with Gasteiger partial charge in [-0.2, -0.15) is 0 Å². The van der Waals surface area contributed by atoms with Crippen molar-refractivity contribution < 1.29 is 13.7 Å². The van der Waals surface area contributed by atoms with Gasteiger partial charge in [-0.3, -0.25) is 4.21 Å². The predicted octanol–water partition coefficient (Wildman–Crippen LogP) is 15.4. The molecule has 0 aliphatic rings. The third-order valence-electron chi connectivity index (χ3n) is 10.9. The Bertz CT molecular complexity index is 2660. The first-order valence-electron chi connectivity index (χ1n) is 21.3. The molecule has 8 rings (SSSR count). The normalized spacial score (nSPS) is 12.2. The molecule has 64 heavy (non-hydrogen) atoms. The summed E-state index contributed by atoms with van der Waals surface area (Å²) in [4.78, 5) is 2.11. The van der Waals surface area contributed by atoms with Crippen LogP contribution in [0.3, 0.4) is 0 Å². The molecule has 0 amide bonds. The van der Waals surface area contributed by atoms with Gasteiger partial charge in [0.2, 0.25) is 0 Å². The van der Waals surface area contributed by atoms with E-state index in [1.807, 2.05) is 72.8 Å². The Balaban J connectivity index is 1.07. The van der Waals surface area contributed by atoms with E-state index in [0.717, 1.165) is 88.1 Å². The second kappa shape index (κ2) is 22.4. The Morgan fingerprint density at radius 1 is 0.422 bits per heavy atom. The molecule has 0 N–H and O–H groups in total. The van der Waals surface area contributed by atoms with Gasteiger partial charge in [0.05, 0.1) is 11.5 Å². The minimum Gasteiger partial charge on any atom is -0.489 e. The fourth-order valence-corrected chi connectivity index (χ4v) is 10.7. The highest BCUT2D eigenvalue weighted by molar-refractivity contribution is 8.04. The molecule has 318 valence electrons. The third-order valence-corrected chi connectivity index (χ3v) is 14.1. The van der Waals surface area contributed by atoms with E-state index in [-0.39, 0.29) is 0 Å². The van der Waals surface area contributed by atoms with Crippen LogP contribution >= 0.6 is 23.5 Å². The Morgan fingerprint density at radius 3 is 1.19 bits per heavy atom. The molecule has 0 unspecified atom stereocenters. The van der Waals surface area contributed by atoms with Crippen LogP contribution in [0.15, 0.2) is 216 Å². The first-order chi connectivity index (χ1) is 31.5. The topological polar surface area (TPSA) is 35.5 Å². The molecule has 0 atom stereocenters. The SMILES string of the molecule is CSC(=Cc1cc(-c2ccccc2)ccc1-c1cccc(OCc2ccccc2)c1)CS(=O)CC(=Cc1cc(-c2ccccc2)ccc1-c1cccc(OCc2ccccc2)c1)SC. The molecule has 0 saturated carbocycles. The van der Waals surface area contributed by atoms with Crippen molar-refractivity contribution in [2.45, 2.75) is 13.2 Å². The summed E-state index contributed by atoms with van der Waals surface area (Å²) in [5, 5.41) is 0. The maximum Gasteiger partial charge on any atom is 0.120 e. The van der Waals surface area contributed by atoms with E-state index < -0.39 is 10.8 Å². The lowest BCUT2D eigenvalue weighted by molar-refractivity contribution is 0.306. The van der Waals surface area contributed by atoms with Crippen molar-refractivity contribution in [1.82, 2.24) is 0 Å². The van der Waals surface area contributed by atoms with Gasteiger partial charge in [-0.15, -0.1) is 23.5 Å². The molecule has 6 heteroatoms. The summed E-state index contributed by atoms with van der Waals surface area (Å²) in [6.07, 6.45) is 8.59. The average Bonchev–Trinajstić information content (AvgIpc) is 3.36. The van der Waals surface area contributed by atoms with E-state index in [4.69, 9.17) is 9.47 Å². The monoisotopic (exact) mass is 890 g/mol. The molecule has 0 aliphatic heterocycles. The highest BCUT2D eigenvalue weighted by Crippen LogP contribution is 2.36. The van der Waals surface area contributed by atoms with Crippen LogP contribution < -0.4 is 9.47 Å². The van der Waals surface area contributed by atoms with Crippen molar-refractivity contribution in [3.05, 3.63) is 238 Å². The molecular weight excluding hydrogens is 841 g/mol. The zero-order chi connectivity index (χ0) is 43.9. The molecular formula is C58H50O3S3. The van der Waals surface area contributed by atoms with Gasteiger partial charge < -0.3 is 9.47 Å². The fraction of sp³-hybridized carbons (Fsp3) is 0.103. The summed E-state index contributed by atoms with van der Waals surface area (Å²) in [5.41, 5.74) is 13.2. The second-order valence-corrected chi connectivity index (χ2v) is 18.6. The van der Waals surface area contributed by atoms with Crippen molar-refractivity contribution in [2.24, 2.45) is 0 Å². The number of ether oxygens (including phenoxy) is 2. The number of hydrogen-bond acceptors (Lipinski definition) is 5. The van der Waals surface area contributed by atoms with Crippen molar-refractivity contribution in [3.8, 4) is 56.0 Å². The summed E-state index contributed by atoms with van der Waals surface area (Å²) < 4.78 is 26.8. The zero-order valence-corrected chi connectivity index (χ0v) is 38.5. The van der Waals surface area contributed by atoms with Crippen molar-refractivity contribution in [2.75, 3.05) is 24.0 Å². The molecule has 0 radical (unpaired) electrons. The first-order valence-corrected chi connectivity index (χ1v) is 25.2. The molecule has 0 bridgehead atoms. The van der Waals surface area contributed by atoms with Crippen LogP contribution in [0.1, 0.15) is 22.3 Å². The maximum absolute atomic E-state index is 14.3. The summed E-state index contributed by atoms with van der Waals surface area (Å²) >= 11 is 3.31. The van der Waals surface area contributed by atoms with Gasteiger partial charge in [0.25, 0.3) is 0 Å². The van der Waals surface area contributed by atoms with E-state index >= 15 is 0 Å². The van der Waals surface area contributed by atoms with Gasteiger partial charge in [-0.25, -0.2) is 0 Å². The van der Waals surface area contributed by atoms with Gasteiger partial charge in [0.15, 0.2) is 0 Å². The summed E-state index contributed by atoms with van der Waals surface area (Å²) in [6.45, 7) is 0.992. The number of benzene rings is 8. The largest absolute Gasteiger partial charge is 0.489 e. The molecule has 3 nitrogen and oxygen atoms in total. The first kappa shape index (κ1) is 44.3. The van der Waals surface area contributed by atoms with Crippen LogP contribution in [-0.2, 0) is 24.0 Å². The van der Waals surface area contributed by atoms with Gasteiger partial charge in [0.1, 0.15) is 24.7 Å². The third kappa shape index (κ3) is 12.0. The molecule has 8 aromatic rings. The van der Waals surface area contributed by atoms with Crippen LogP contribution in [-0.4, -0.2) is 28.2 Å². The molecule has 0 spiro atoms. The Hall–Kier alpha value is -6.31. The smallest absolute Gasteiger partial charge is 0.120 e. The van der Waals surface area contributed by atoms with Crippen LogP contribution in [0.5, 0.6) is 11.5 Å². The van der Waals surface area contributed by atoms with E-state index in [9.17, 15) is 4.21 Å². The second-order valence-electron chi connectivity index (χ2n) is 15.3. The van der Waals surface area contributed by atoms with Crippen LogP contribution in [0.2, 0.25) is 0 Å². The Morgan fingerprint density at radius 2 is 0.797 bits per heavy atom. The molecule has 0 aliphatic carbocycles. The van der Waals surface area contributed by atoms with Crippen molar-refractivity contribution in [1.29, 1.82) is 0 Å². The number of hydrogen-bond donors (Lipinski definition) is 0. The lowest BCUT2D eigenvalue weighted by Crippen LogP contribution is -2.05. The van der Waals surface area contributed by atoms with Crippen molar-refractivity contribution in [3.63, 3.8) is 0 Å². The van der Waals surface area contributed by atoms with Gasteiger partial charge in [-0.05, 0) is 138 Å². The van der Waals surface area contributed by atoms with Crippen LogP contribution in [0, 0.1) is 0 Å². The summed E-state index contributed by atoms with van der Waals surface area (Å²) in [5.74, 6) is 2.50. The van der Waals surface area contributed by atoms with E-state index in [2.05, 4.69) is 158 Å². The van der Waals surface area contributed by atoms with Gasteiger partial charge in [-0.1, -0.05) is 170 Å². The molecule has 0 heterocycles. The zero-order valence-electron chi connectivity index (χ0n) is 36.1. The average molecular weight is 891 g/mol. The van der Waals surface area contributed by atoms with Crippen molar-refractivity contribution >= 4 is 46.5 Å². The lowest BCUT2D eigenvalue weighted by atomic mass is 9.94. The highest BCUT2D eigenvalue weighted by Gasteiger charge is 2.14. The highest BCUT2D eigenvalue weighted by atomic mass is 32.2. The molecule has 0 aromatic heterocycles. The predicted molar refractivity (Wildman–Crippen MR) is 277 cm³/mol. The quantitative estimate of drug-likeness (QED) is 0.0858. The lowest BCUT2D eigenvalue weighted by Gasteiger charge is -2.14. The minimum absolute atomic E-state index is 0.437. The van der Waals surface area contributed by atoms with E-state index in [1.165, 1.54) is 0 Å². The molecule has 0 saturated heterocycles. The van der Waals surface area contributed by atoms with Crippen LogP contribution in [0.25, 0.3) is 56.7 Å². The minimum atomic E-state index is -1.18. The standard InChI is InChI=1S/C58H50O3S3/c1-62-55(37-51-33-47(45-21-11-5-12-22-45)29-31-57(51)49-25-15-27-53(35-49)60-39-43-17-7-3-8-18-43)41-64(59)42-56(63-2)38-52-34-48(46-23-13-6-14-24-46)30-32-58(52)50-26-16-28-54(36-50)61-40-44-19-9-4-10-20-44/h3-38H,39-42H2,1-2H3. The summed E-state index contributed by atoms with van der Waals surface area (Å²) in [7, 11) is -1.18. The Labute approximate surface area is 389 Å². The van der Waals surface area contributed by atoms with Gasteiger partial charge >= 0.3 is 0 Å².